The molecular formula is C15H15NO3S. The fourth-order valence-electron chi connectivity index (χ4n) is 1.75. The van der Waals surface area contributed by atoms with Gasteiger partial charge in [0.1, 0.15) is 16.4 Å². The molecule has 4 nitrogen and oxygen atoms in total. The minimum atomic E-state index is -0.364. The van der Waals surface area contributed by atoms with Crippen LogP contribution in [0.1, 0.15) is 28.2 Å². The Morgan fingerprint density at radius 3 is 2.60 bits per heavy atom. The summed E-state index contributed by atoms with van der Waals surface area (Å²) in [6, 6.07) is 7.14. The van der Waals surface area contributed by atoms with Crippen molar-refractivity contribution in [1.82, 2.24) is 4.98 Å². The van der Waals surface area contributed by atoms with Gasteiger partial charge >= 0.3 is 5.97 Å². The average Bonchev–Trinajstić information content (AvgIpc) is 3.18. The Kier molecular flexibility index (Phi) is 3.69. The molecule has 0 aliphatic heterocycles. The molecule has 0 atom stereocenters. The van der Waals surface area contributed by atoms with Crippen molar-refractivity contribution < 1.29 is 14.3 Å². The lowest BCUT2D eigenvalue weighted by atomic mass is 10.3. The molecule has 0 N–H and O–H groups in total. The highest BCUT2D eigenvalue weighted by molar-refractivity contribution is 7.11. The average molecular weight is 289 g/mol. The van der Waals surface area contributed by atoms with Crippen LogP contribution in [0, 0.1) is 12.8 Å². The zero-order valence-corrected chi connectivity index (χ0v) is 12.0. The number of aryl methyl sites for hydroxylation is 1. The smallest absolute Gasteiger partial charge is 0.355 e. The maximum absolute atomic E-state index is 11.9. The predicted molar refractivity (Wildman–Crippen MR) is 76.5 cm³/mol. The quantitative estimate of drug-likeness (QED) is 0.625. The Bertz CT molecular complexity index is 602. The summed E-state index contributed by atoms with van der Waals surface area (Å²) >= 11 is 1.29. The summed E-state index contributed by atoms with van der Waals surface area (Å²) in [5.74, 6) is 1.69. The molecule has 0 spiro atoms. The number of hydrogen-bond acceptors (Lipinski definition) is 5. The van der Waals surface area contributed by atoms with E-state index in [0.717, 1.165) is 18.3 Å². The monoisotopic (exact) mass is 289 g/mol. The van der Waals surface area contributed by atoms with Crippen LogP contribution in [0.25, 0.3) is 0 Å². The van der Waals surface area contributed by atoms with Gasteiger partial charge < -0.3 is 9.47 Å². The van der Waals surface area contributed by atoms with Gasteiger partial charge in [0.05, 0.1) is 17.8 Å². The van der Waals surface area contributed by atoms with Crippen molar-refractivity contribution in [1.29, 1.82) is 0 Å². The first-order valence-electron chi connectivity index (χ1n) is 6.57. The zero-order chi connectivity index (χ0) is 13.9. The van der Waals surface area contributed by atoms with Gasteiger partial charge in [-0.2, -0.15) is 0 Å². The third kappa shape index (κ3) is 3.17. The van der Waals surface area contributed by atoms with E-state index in [-0.39, 0.29) is 5.97 Å². The molecule has 5 heteroatoms. The minimum Gasteiger partial charge on any atom is -0.493 e. The molecule has 1 aliphatic carbocycles. The van der Waals surface area contributed by atoms with Gasteiger partial charge in [0, 0.05) is 0 Å². The van der Waals surface area contributed by atoms with Gasteiger partial charge in [0.15, 0.2) is 0 Å². The van der Waals surface area contributed by atoms with Crippen LogP contribution in [0.3, 0.4) is 0 Å². The van der Waals surface area contributed by atoms with Crippen LogP contribution >= 0.6 is 11.3 Å². The van der Waals surface area contributed by atoms with Gasteiger partial charge in [-0.1, -0.05) is 0 Å². The van der Waals surface area contributed by atoms with Crippen molar-refractivity contribution in [3.8, 4) is 11.5 Å². The Hall–Kier alpha value is -1.88. The standard InChI is InChI=1S/C15H15NO3S/c1-10-14(20-9-16-10)15(17)19-13-6-4-12(5-7-13)18-8-11-2-3-11/h4-7,9,11H,2-3,8H2,1H3. The maximum Gasteiger partial charge on any atom is 0.355 e. The number of nitrogens with zero attached hydrogens (tertiary/aromatic N) is 1. The molecule has 0 saturated heterocycles. The second kappa shape index (κ2) is 5.63. The van der Waals surface area contributed by atoms with Crippen LogP contribution < -0.4 is 9.47 Å². The molecule has 1 aromatic carbocycles. The molecule has 1 heterocycles. The fourth-order valence-corrected chi connectivity index (χ4v) is 2.43. The van der Waals surface area contributed by atoms with E-state index in [4.69, 9.17) is 9.47 Å². The van der Waals surface area contributed by atoms with Crippen molar-refractivity contribution in [2.24, 2.45) is 5.92 Å². The second-order valence-corrected chi connectivity index (χ2v) is 5.74. The molecule has 1 aliphatic rings. The lowest BCUT2D eigenvalue weighted by Gasteiger charge is -2.06. The lowest BCUT2D eigenvalue weighted by molar-refractivity contribution is 0.0738. The van der Waals surface area contributed by atoms with Gasteiger partial charge in [-0.3, -0.25) is 0 Å². The van der Waals surface area contributed by atoms with E-state index in [1.807, 2.05) is 12.1 Å². The fraction of sp³-hybridized carbons (Fsp3) is 0.333. The van der Waals surface area contributed by atoms with Crippen LogP contribution in [-0.4, -0.2) is 17.6 Å². The summed E-state index contributed by atoms with van der Waals surface area (Å²) in [5, 5.41) is 0. The third-order valence-electron chi connectivity index (χ3n) is 3.15. The first-order valence-corrected chi connectivity index (χ1v) is 7.45. The highest BCUT2D eigenvalue weighted by atomic mass is 32.1. The van der Waals surface area contributed by atoms with E-state index in [1.165, 1.54) is 24.2 Å². The summed E-state index contributed by atoms with van der Waals surface area (Å²) in [7, 11) is 0. The van der Waals surface area contributed by atoms with Gasteiger partial charge in [0.2, 0.25) is 0 Å². The molecular weight excluding hydrogens is 274 g/mol. The van der Waals surface area contributed by atoms with Crippen molar-refractivity contribution in [3.63, 3.8) is 0 Å². The summed E-state index contributed by atoms with van der Waals surface area (Å²) < 4.78 is 10.9. The number of ether oxygens (including phenoxy) is 2. The summed E-state index contributed by atoms with van der Waals surface area (Å²) in [4.78, 5) is 16.5. The molecule has 1 saturated carbocycles. The molecule has 3 rings (SSSR count). The zero-order valence-electron chi connectivity index (χ0n) is 11.2. The van der Waals surface area contributed by atoms with Gasteiger partial charge in [-0.05, 0) is 49.9 Å². The van der Waals surface area contributed by atoms with Gasteiger partial charge in [-0.25, -0.2) is 9.78 Å². The lowest BCUT2D eigenvalue weighted by Crippen LogP contribution is -2.08. The molecule has 1 fully saturated rings. The topological polar surface area (TPSA) is 48.4 Å². The molecule has 2 aromatic rings. The van der Waals surface area contributed by atoms with E-state index < -0.39 is 0 Å². The molecule has 104 valence electrons. The van der Waals surface area contributed by atoms with Gasteiger partial charge in [-0.15, -0.1) is 11.3 Å². The van der Waals surface area contributed by atoms with Gasteiger partial charge in [0.25, 0.3) is 0 Å². The summed E-state index contributed by atoms with van der Waals surface area (Å²) in [6.45, 7) is 2.57. The van der Waals surface area contributed by atoms with Crippen LogP contribution in [0.5, 0.6) is 11.5 Å². The number of carbonyl (C=O) groups excluding carboxylic acids is 1. The first-order chi connectivity index (χ1) is 9.72. The van der Waals surface area contributed by atoms with Crippen molar-refractivity contribution in [3.05, 3.63) is 40.3 Å². The minimum absolute atomic E-state index is 0.364. The number of hydrogen-bond donors (Lipinski definition) is 0. The first kappa shape index (κ1) is 13.1. The Morgan fingerprint density at radius 2 is 2.00 bits per heavy atom. The summed E-state index contributed by atoms with van der Waals surface area (Å²) in [5.41, 5.74) is 2.34. The Morgan fingerprint density at radius 1 is 1.30 bits per heavy atom. The number of aromatic nitrogens is 1. The van der Waals surface area contributed by atoms with E-state index in [1.54, 1.807) is 24.6 Å². The molecule has 0 radical (unpaired) electrons. The normalized spacial score (nSPS) is 14.1. The van der Waals surface area contributed by atoms with Crippen LogP contribution in [0.2, 0.25) is 0 Å². The van der Waals surface area contributed by atoms with Crippen LogP contribution in [0.15, 0.2) is 29.8 Å². The highest BCUT2D eigenvalue weighted by Gasteiger charge is 2.21. The Balaban J connectivity index is 1.59. The molecule has 1 aromatic heterocycles. The summed E-state index contributed by atoms with van der Waals surface area (Å²) in [6.07, 6.45) is 2.54. The molecule has 20 heavy (non-hydrogen) atoms. The second-order valence-electron chi connectivity index (χ2n) is 4.88. The molecule has 0 unspecified atom stereocenters. The predicted octanol–water partition coefficient (Wildman–Crippen LogP) is 3.46. The van der Waals surface area contributed by atoms with E-state index in [2.05, 4.69) is 4.98 Å². The van der Waals surface area contributed by atoms with E-state index in [9.17, 15) is 4.79 Å². The van der Waals surface area contributed by atoms with Crippen LogP contribution in [0.4, 0.5) is 0 Å². The van der Waals surface area contributed by atoms with E-state index in [0.29, 0.717) is 16.3 Å². The maximum atomic E-state index is 11.9. The Labute approximate surface area is 121 Å². The van der Waals surface area contributed by atoms with Crippen molar-refractivity contribution >= 4 is 17.3 Å². The number of thiazole rings is 1. The van der Waals surface area contributed by atoms with Crippen LogP contribution in [-0.2, 0) is 0 Å². The third-order valence-corrected chi connectivity index (χ3v) is 4.06. The number of carbonyl (C=O) groups is 1. The number of esters is 1. The largest absolute Gasteiger partial charge is 0.493 e. The van der Waals surface area contributed by atoms with E-state index >= 15 is 0 Å². The molecule has 0 amide bonds. The number of rotatable bonds is 5. The van der Waals surface area contributed by atoms with Crippen molar-refractivity contribution in [2.75, 3.05) is 6.61 Å². The highest BCUT2D eigenvalue weighted by Crippen LogP contribution is 2.30. The van der Waals surface area contributed by atoms with Crippen molar-refractivity contribution in [2.45, 2.75) is 19.8 Å². The SMILES string of the molecule is Cc1ncsc1C(=O)Oc1ccc(OCC2CC2)cc1. The molecule has 0 bridgehead atoms. The number of benzene rings is 1.